The molecule has 2 rings (SSSR count). The van der Waals surface area contributed by atoms with Crippen LogP contribution in [0.3, 0.4) is 0 Å². The van der Waals surface area contributed by atoms with Crippen LogP contribution < -0.4 is 5.32 Å². The number of rotatable bonds is 5. The second-order valence-electron chi connectivity index (χ2n) is 5.69. The van der Waals surface area contributed by atoms with E-state index >= 15 is 0 Å². The fourth-order valence-corrected chi connectivity index (χ4v) is 3.41. The predicted molar refractivity (Wildman–Crippen MR) is 82.8 cm³/mol. The molecule has 0 unspecified atom stereocenters. The van der Waals surface area contributed by atoms with Gasteiger partial charge in [0.25, 0.3) is 5.91 Å². The van der Waals surface area contributed by atoms with Crippen molar-refractivity contribution in [2.45, 2.75) is 57.5 Å². The highest BCUT2D eigenvalue weighted by molar-refractivity contribution is 9.10. The molecule has 0 radical (unpaired) electrons. The zero-order valence-electron chi connectivity index (χ0n) is 12.0. The number of carbonyl (C=O) groups is 1. The summed E-state index contributed by atoms with van der Waals surface area (Å²) in [5, 5.41) is 12.8. The van der Waals surface area contributed by atoms with Crippen LogP contribution in [0.25, 0.3) is 0 Å². The zero-order valence-corrected chi connectivity index (χ0v) is 13.6. The number of hydrogen-bond donors (Lipinski definition) is 2. The molecule has 1 heterocycles. The van der Waals surface area contributed by atoms with Crippen LogP contribution in [-0.4, -0.2) is 27.7 Å². The van der Waals surface area contributed by atoms with Crippen molar-refractivity contribution in [3.63, 3.8) is 0 Å². The monoisotopic (exact) mass is 342 g/mol. The van der Waals surface area contributed by atoms with E-state index in [-0.39, 0.29) is 12.5 Å². The second kappa shape index (κ2) is 6.76. The van der Waals surface area contributed by atoms with Crippen LogP contribution in [0.15, 0.2) is 16.7 Å². The van der Waals surface area contributed by atoms with Gasteiger partial charge in [0.05, 0.1) is 12.1 Å². The van der Waals surface area contributed by atoms with Gasteiger partial charge in [-0.3, -0.25) is 4.79 Å². The minimum Gasteiger partial charge on any atom is -0.394 e. The van der Waals surface area contributed by atoms with E-state index in [1.807, 2.05) is 16.8 Å². The van der Waals surface area contributed by atoms with E-state index in [1.165, 1.54) is 6.42 Å². The van der Waals surface area contributed by atoms with Crippen LogP contribution in [0.4, 0.5) is 0 Å². The summed E-state index contributed by atoms with van der Waals surface area (Å²) in [5.41, 5.74) is 0.237. The fraction of sp³-hybridized carbons (Fsp3) is 0.667. The number of nitrogens with zero attached hydrogens (tertiary/aromatic N) is 1. The lowest BCUT2D eigenvalue weighted by Crippen LogP contribution is -2.52. The van der Waals surface area contributed by atoms with Crippen molar-refractivity contribution in [2.24, 2.45) is 0 Å². The van der Waals surface area contributed by atoms with Gasteiger partial charge < -0.3 is 15.0 Å². The Balaban J connectivity index is 2.14. The summed E-state index contributed by atoms with van der Waals surface area (Å²) in [7, 11) is 0. The summed E-state index contributed by atoms with van der Waals surface area (Å²) >= 11 is 3.43. The first-order valence-electron chi connectivity index (χ1n) is 7.39. The van der Waals surface area contributed by atoms with Crippen LogP contribution in [-0.2, 0) is 6.54 Å². The molecule has 1 fully saturated rings. The molecule has 1 aromatic rings. The first-order valence-corrected chi connectivity index (χ1v) is 8.18. The maximum Gasteiger partial charge on any atom is 0.268 e. The van der Waals surface area contributed by atoms with Gasteiger partial charge in [-0.25, -0.2) is 0 Å². The highest BCUT2D eigenvalue weighted by Gasteiger charge is 2.33. The number of halogens is 1. The van der Waals surface area contributed by atoms with E-state index < -0.39 is 5.54 Å². The number of hydrogen-bond acceptors (Lipinski definition) is 2. The molecule has 0 atom stereocenters. The van der Waals surface area contributed by atoms with Gasteiger partial charge in [0.1, 0.15) is 5.69 Å². The van der Waals surface area contributed by atoms with Crippen molar-refractivity contribution in [3.8, 4) is 0 Å². The Hall–Kier alpha value is -0.810. The molecule has 1 aliphatic rings. The molecule has 1 saturated carbocycles. The van der Waals surface area contributed by atoms with Crippen LogP contribution in [0, 0.1) is 0 Å². The summed E-state index contributed by atoms with van der Waals surface area (Å²) in [4.78, 5) is 12.5. The number of carbonyl (C=O) groups excluding carboxylic acids is 1. The maximum absolute atomic E-state index is 12.5. The van der Waals surface area contributed by atoms with E-state index in [4.69, 9.17) is 0 Å². The molecular formula is C15H23BrN2O2. The number of amides is 1. The molecule has 20 heavy (non-hydrogen) atoms. The average Bonchev–Trinajstić information content (AvgIpc) is 2.81. The molecule has 1 amide bonds. The van der Waals surface area contributed by atoms with E-state index in [1.54, 1.807) is 0 Å². The Morgan fingerprint density at radius 2 is 2.15 bits per heavy atom. The molecule has 0 bridgehead atoms. The number of aryl methyl sites for hydroxylation is 1. The molecule has 0 aliphatic heterocycles. The summed E-state index contributed by atoms with van der Waals surface area (Å²) in [5.74, 6) is -0.0832. The first-order chi connectivity index (χ1) is 9.60. The Labute approximate surface area is 128 Å². The van der Waals surface area contributed by atoms with Crippen LogP contribution in [0.5, 0.6) is 0 Å². The first kappa shape index (κ1) is 15.6. The van der Waals surface area contributed by atoms with Crippen molar-refractivity contribution >= 4 is 21.8 Å². The Morgan fingerprint density at radius 1 is 1.45 bits per heavy atom. The largest absolute Gasteiger partial charge is 0.394 e. The van der Waals surface area contributed by atoms with Gasteiger partial charge >= 0.3 is 0 Å². The van der Waals surface area contributed by atoms with Crippen molar-refractivity contribution in [3.05, 3.63) is 22.4 Å². The average molecular weight is 343 g/mol. The lowest BCUT2D eigenvalue weighted by atomic mass is 9.82. The Bertz CT molecular complexity index is 464. The molecule has 1 aliphatic carbocycles. The Morgan fingerprint density at radius 3 is 2.75 bits per heavy atom. The lowest BCUT2D eigenvalue weighted by Gasteiger charge is -2.36. The molecule has 1 aromatic heterocycles. The van der Waals surface area contributed by atoms with Gasteiger partial charge in [-0.15, -0.1) is 0 Å². The third kappa shape index (κ3) is 3.44. The number of aromatic nitrogens is 1. The summed E-state index contributed by atoms with van der Waals surface area (Å²) in [6.07, 6.45) is 7.98. The standard InChI is InChI=1S/C15H23BrN2O2/c1-2-8-18-10-12(16)9-13(18)14(20)17-15(11-19)6-4-3-5-7-15/h9-10,19H,2-8,11H2,1H3,(H,17,20). The maximum atomic E-state index is 12.5. The third-order valence-corrected chi connectivity index (χ3v) is 4.49. The summed E-state index contributed by atoms with van der Waals surface area (Å²) in [6.45, 7) is 2.93. The smallest absolute Gasteiger partial charge is 0.268 e. The van der Waals surface area contributed by atoms with Crippen LogP contribution >= 0.6 is 15.9 Å². The highest BCUT2D eigenvalue weighted by atomic mass is 79.9. The van der Waals surface area contributed by atoms with Gasteiger partial charge in [-0.05, 0) is 41.3 Å². The number of aliphatic hydroxyl groups is 1. The SMILES string of the molecule is CCCn1cc(Br)cc1C(=O)NC1(CO)CCCCC1. The topological polar surface area (TPSA) is 54.3 Å². The van der Waals surface area contributed by atoms with E-state index in [0.29, 0.717) is 5.69 Å². The minimum absolute atomic E-state index is 0.0222. The lowest BCUT2D eigenvalue weighted by molar-refractivity contribution is 0.0750. The molecule has 0 saturated heterocycles. The summed E-state index contributed by atoms with van der Waals surface area (Å²) in [6, 6.07) is 1.85. The third-order valence-electron chi connectivity index (χ3n) is 4.05. The fourth-order valence-electron chi connectivity index (χ4n) is 2.95. The molecular weight excluding hydrogens is 320 g/mol. The van der Waals surface area contributed by atoms with E-state index in [0.717, 1.165) is 43.1 Å². The zero-order chi connectivity index (χ0) is 14.6. The van der Waals surface area contributed by atoms with Gasteiger partial charge in [-0.2, -0.15) is 0 Å². The van der Waals surface area contributed by atoms with Gasteiger partial charge in [0.2, 0.25) is 0 Å². The van der Waals surface area contributed by atoms with Crippen molar-refractivity contribution in [2.75, 3.05) is 6.61 Å². The quantitative estimate of drug-likeness (QED) is 0.863. The van der Waals surface area contributed by atoms with Gasteiger partial charge in [-0.1, -0.05) is 26.2 Å². The van der Waals surface area contributed by atoms with Crippen LogP contribution in [0.2, 0.25) is 0 Å². The molecule has 112 valence electrons. The Kier molecular flexibility index (Phi) is 5.27. The van der Waals surface area contributed by atoms with E-state index in [9.17, 15) is 9.90 Å². The van der Waals surface area contributed by atoms with Crippen molar-refractivity contribution < 1.29 is 9.90 Å². The van der Waals surface area contributed by atoms with Crippen LogP contribution in [0.1, 0.15) is 55.9 Å². The second-order valence-corrected chi connectivity index (χ2v) is 6.61. The van der Waals surface area contributed by atoms with Gasteiger partial charge in [0.15, 0.2) is 0 Å². The highest BCUT2D eigenvalue weighted by Crippen LogP contribution is 2.28. The number of nitrogens with one attached hydrogen (secondary N) is 1. The molecule has 4 nitrogen and oxygen atoms in total. The molecule has 5 heteroatoms. The normalized spacial score (nSPS) is 17.9. The summed E-state index contributed by atoms with van der Waals surface area (Å²) < 4.78 is 2.88. The predicted octanol–water partition coefficient (Wildman–Crippen LogP) is 3.09. The molecule has 2 N–H and O–H groups in total. The minimum atomic E-state index is -0.427. The molecule has 0 spiro atoms. The molecule has 0 aromatic carbocycles. The van der Waals surface area contributed by atoms with Crippen molar-refractivity contribution in [1.29, 1.82) is 0 Å². The van der Waals surface area contributed by atoms with E-state index in [2.05, 4.69) is 28.2 Å². The van der Waals surface area contributed by atoms with Gasteiger partial charge in [0, 0.05) is 17.2 Å². The number of aliphatic hydroxyl groups excluding tert-OH is 1. The van der Waals surface area contributed by atoms with Crippen molar-refractivity contribution in [1.82, 2.24) is 9.88 Å².